The zero-order chi connectivity index (χ0) is 18.8. The summed E-state index contributed by atoms with van der Waals surface area (Å²) in [6, 6.07) is 2.39. The van der Waals surface area contributed by atoms with Crippen LogP contribution in [0.1, 0.15) is 35.3 Å². The summed E-state index contributed by atoms with van der Waals surface area (Å²) in [6.45, 7) is 3.23. The van der Waals surface area contributed by atoms with E-state index in [9.17, 15) is 19.1 Å². The Hall–Kier alpha value is -2.45. The fourth-order valence-electron chi connectivity index (χ4n) is 3.50. The molecule has 0 bridgehead atoms. The van der Waals surface area contributed by atoms with Gasteiger partial charge in [-0.2, -0.15) is 0 Å². The van der Waals surface area contributed by atoms with Gasteiger partial charge >= 0.3 is 0 Å². The SMILES string of the molecule is C[C@@H]1CCc2cc(F)cc3c(O)c(C(=O)NCC[NH2+]CCO)c(=O)n1c23. The smallest absolute Gasteiger partial charge is 0.267 e. The summed E-state index contributed by atoms with van der Waals surface area (Å²) in [6.07, 6.45) is 1.27. The molecule has 140 valence electrons. The maximum Gasteiger partial charge on any atom is 0.267 e. The first-order chi connectivity index (χ1) is 12.5. The van der Waals surface area contributed by atoms with E-state index in [0.29, 0.717) is 37.0 Å². The van der Waals surface area contributed by atoms with Gasteiger partial charge in [-0.25, -0.2) is 4.39 Å². The zero-order valence-corrected chi connectivity index (χ0v) is 14.6. The number of quaternary nitrogens is 1. The summed E-state index contributed by atoms with van der Waals surface area (Å²) in [5.74, 6) is -1.67. The Bertz CT molecular complexity index is 910. The van der Waals surface area contributed by atoms with Crippen molar-refractivity contribution >= 4 is 16.8 Å². The van der Waals surface area contributed by atoms with Gasteiger partial charge in [-0.3, -0.25) is 9.59 Å². The number of pyridine rings is 1. The van der Waals surface area contributed by atoms with Crippen LogP contribution in [0.5, 0.6) is 5.75 Å². The fourth-order valence-corrected chi connectivity index (χ4v) is 3.50. The molecule has 0 aliphatic carbocycles. The molecular weight excluding hydrogens is 341 g/mol. The molecule has 1 atom stereocenters. The van der Waals surface area contributed by atoms with E-state index in [1.807, 2.05) is 12.2 Å². The zero-order valence-electron chi connectivity index (χ0n) is 14.6. The molecule has 8 heteroatoms. The Morgan fingerprint density at radius 2 is 2.19 bits per heavy atom. The molecule has 0 radical (unpaired) electrons. The van der Waals surface area contributed by atoms with Crippen molar-refractivity contribution in [2.75, 3.05) is 26.2 Å². The lowest BCUT2D eigenvalue weighted by Crippen LogP contribution is -2.86. The Morgan fingerprint density at radius 3 is 2.92 bits per heavy atom. The first-order valence-corrected chi connectivity index (χ1v) is 8.76. The maximum atomic E-state index is 13.9. The van der Waals surface area contributed by atoms with Gasteiger partial charge in [0, 0.05) is 11.4 Å². The normalized spacial score (nSPS) is 16.0. The highest BCUT2D eigenvalue weighted by molar-refractivity contribution is 6.03. The highest BCUT2D eigenvalue weighted by Crippen LogP contribution is 2.35. The van der Waals surface area contributed by atoms with Gasteiger partial charge < -0.3 is 25.4 Å². The molecule has 1 aliphatic heterocycles. The van der Waals surface area contributed by atoms with Crippen LogP contribution in [0, 0.1) is 5.82 Å². The van der Waals surface area contributed by atoms with Crippen molar-refractivity contribution in [2.24, 2.45) is 0 Å². The van der Waals surface area contributed by atoms with Crippen LogP contribution in [-0.4, -0.2) is 46.9 Å². The van der Waals surface area contributed by atoms with Gasteiger partial charge in [-0.05, 0) is 37.5 Å². The molecule has 2 aromatic rings. The van der Waals surface area contributed by atoms with E-state index in [4.69, 9.17) is 5.11 Å². The highest BCUT2D eigenvalue weighted by atomic mass is 19.1. The van der Waals surface area contributed by atoms with Crippen LogP contribution in [0.2, 0.25) is 0 Å². The number of benzene rings is 1. The molecule has 2 heterocycles. The lowest BCUT2D eigenvalue weighted by Gasteiger charge is -2.26. The van der Waals surface area contributed by atoms with Gasteiger partial charge in [-0.1, -0.05) is 0 Å². The third-order valence-corrected chi connectivity index (χ3v) is 4.79. The number of nitrogens with one attached hydrogen (secondary N) is 1. The van der Waals surface area contributed by atoms with E-state index >= 15 is 0 Å². The second-order valence-electron chi connectivity index (χ2n) is 6.59. The van der Waals surface area contributed by atoms with Crippen LogP contribution in [0.4, 0.5) is 4.39 Å². The number of aromatic nitrogens is 1. The van der Waals surface area contributed by atoms with Crippen LogP contribution >= 0.6 is 0 Å². The van der Waals surface area contributed by atoms with Gasteiger partial charge in [0.15, 0.2) is 0 Å². The van der Waals surface area contributed by atoms with Crippen LogP contribution < -0.4 is 16.2 Å². The number of hydrogen-bond acceptors (Lipinski definition) is 4. The molecule has 3 rings (SSSR count). The monoisotopic (exact) mass is 364 g/mol. The number of carbonyl (C=O) groups excluding carboxylic acids is 1. The van der Waals surface area contributed by atoms with Gasteiger partial charge in [0.1, 0.15) is 17.1 Å². The van der Waals surface area contributed by atoms with E-state index in [0.717, 1.165) is 6.07 Å². The summed E-state index contributed by atoms with van der Waals surface area (Å²) < 4.78 is 15.4. The number of carbonyl (C=O) groups is 1. The minimum Gasteiger partial charge on any atom is -0.506 e. The van der Waals surface area contributed by atoms with Crippen molar-refractivity contribution in [1.82, 2.24) is 9.88 Å². The van der Waals surface area contributed by atoms with Crippen LogP contribution in [0.25, 0.3) is 10.9 Å². The van der Waals surface area contributed by atoms with E-state index in [1.54, 1.807) is 0 Å². The molecule has 26 heavy (non-hydrogen) atoms. The average molecular weight is 364 g/mol. The number of rotatable bonds is 6. The molecule has 0 spiro atoms. The Morgan fingerprint density at radius 1 is 1.42 bits per heavy atom. The van der Waals surface area contributed by atoms with Crippen molar-refractivity contribution in [3.05, 3.63) is 39.4 Å². The number of aliphatic hydroxyl groups excluding tert-OH is 1. The predicted molar refractivity (Wildman–Crippen MR) is 93.9 cm³/mol. The number of aryl methyl sites for hydroxylation is 1. The lowest BCUT2D eigenvalue weighted by molar-refractivity contribution is -0.654. The molecule has 1 aromatic heterocycles. The Kier molecular flexibility index (Phi) is 5.24. The van der Waals surface area contributed by atoms with Crippen molar-refractivity contribution in [1.29, 1.82) is 0 Å². The van der Waals surface area contributed by atoms with E-state index < -0.39 is 23.0 Å². The second-order valence-corrected chi connectivity index (χ2v) is 6.59. The molecule has 0 fully saturated rings. The number of nitrogens with zero attached hydrogens (tertiary/aromatic N) is 1. The highest BCUT2D eigenvalue weighted by Gasteiger charge is 2.28. The maximum absolute atomic E-state index is 13.9. The molecule has 0 unspecified atom stereocenters. The molecule has 0 saturated heterocycles. The summed E-state index contributed by atoms with van der Waals surface area (Å²) >= 11 is 0. The number of aliphatic hydroxyl groups is 1. The van der Waals surface area contributed by atoms with Crippen molar-refractivity contribution in [3.8, 4) is 5.75 Å². The number of amides is 1. The molecule has 1 aromatic carbocycles. The number of aromatic hydroxyl groups is 1. The minimum atomic E-state index is -0.681. The second kappa shape index (κ2) is 7.43. The average Bonchev–Trinajstić information content (AvgIpc) is 2.60. The molecule has 7 nitrogen and oxygen atoms in total. The van der Waals surface area contributed by atoms with E-state index in [-0.39, 0.29) is 30.1 Å². The van der Waals surface area contributed by atoms with Gasteiger partial charge in [0.05, 0.1) is 31.8 Å². The molecule has 1 amide bonds. The van der Waals surface area contributed by atoms with Crippen LogP contribution in [-0.2, 0) is 6.42 Å². The largest absolute Gasteiger partial charge is 0.506 e. The third-order valence-electron chi connectivity index (χ3n) is 4.79. The fraction of sp³-hybridized carbons (Fsp3) is 0.444. The number of nitrogens with two attached hydrogens (primary N) is 1. The first kappa shape index (κ1) is 18.3. The summed E-state index contributed by atoms with van der Waals surface area (Å²) in [5.41, 5.74) is 0.244. The minimum absolute atomic E-state index is 0.0376. The van der Waals surface area contributed by atoms with Crippen molar-refractivity contribution in [2.45, 2.75) is 25.8 Å². The predicted octanol–water partition coefficient (Wildman–Crippen LogP) is -0.361. The summed E-state index contributed by atoms with van der Waals surface area (Å²) in [7, 11) is 0. The Balaban J connectivity index is 2.04. The lowest BCUT2D eigenvalue weighted by atomic mass is 9.95. The Labute approximate surface area is 149 Å². The van der Waals surface area contributed by atoms with Gasteiger partial charge in [0.25, 0.3) is 11.5 Å². The first-order valence-electron chi connectivity index (χ1n) is 8.76. The van der Waals surface area contributed by atoms with E-state index in [1.165, 1.54) is 10.6 Å². The molecule has 5 N–H and O–H groups in total. The summed E-state index contributed by atoms with van der Waals surface area (Å²) in [4.78, 5) is 25.4. The van der Waals surface area contributed by atoms with Gasteiger partial charge in [0.2, 0.25) is 0 Å². The quantitative estimate of drug-likeness (QED) is 0.525. The van der Waals surface area contributed by atoms with Crippen LogP contribution in [0.15, 0.2) is 16.9 Å². The van der Waals surface area contributed by atoms with Crippen molar-refractivity contribution in [3.63, 3.8) is 0 Å². The topological polar surface area (TPSA) is 108 Å². The molecule has 0 saturated carbocycles. The van der Waals surface area contributed by atoms with Gasteiger partial charge in [-0.15, -0.1) is 0 Å². The standard InChI is InChI=1S/C18H22FN3O4/c1-10-2-3-11-8-12(19)9-13-15(11)22(10)18(26)14(16(13)24)17(25)21-5-4-20-6-7-23/h8-10,20,23-24H,2-7H2,1H3,(H,21,25)/p+1/t10-/m1/s1. The summed E-state index contributed by atoms with van der Waals surface area (Å²) in [5, 5.41) is 23.9. The number of hydrogen-bond donors (Lipinski definition) is 4. The molecule has 1 aliphatic rings. The van der Waals surface area contributed by atoms with Crippen LogP contribution in [0.3, 0.4) is 0 Å². The van der Waals surface area contributed by atoms with Crippen molar-refractivity contribution < 1.29 is 24.7 Å². The third kappa shape index (κ3) is 3.17. The number of halogens is 1. The molecular formula is C18H23FN3O4+. The van der Waals surface area contributed by atoms with E-state index in [2.05, 4.69) is 5.32 Å².